The van der Waals surface area contributed by atoms with Gasteiger partial charge in [-0.3, -0.25) is 0 Å². The molecule has 102 valence electrons. The highest BCUT2D eigenvalue weighted by atomic mass is 16.5. The molecular formula is C15H31NO. The van der Waals surface area contributed by atoms with E-state index in [1.807, 2.05) is 0 Å². The highest BCUT2D eigenvalue weighted by Gasteiger charge is 2.42. The van der Waals surface area contributed by atoms with Crippen LogP contribution in [0.3, 0.4) is 0 Å². The molecule has 0 spiro atoms. The molecule has 0 radical (unpaired) electrons. The first-order chi connectivity index (χ1) is 7.78. The zero-order valence-electron chi connectivity index (χ0n) is 12.6. The van der Waals surface area contributed by atoms with Crippen molar-refractivity contribution in [2.45, 2.75) is 84.4 Å². The molecule has 17 heavy (non-hydrogen) atoms. The quantitative estimate of drug-likeness (QED) is 0.740. The summed E-state index contributed by atoms with van der Waals surface area (Å²) in [5.41, 5.74) is 0.441. The average molecular weight is 241 g/mol. The fourth-order valence-electron chi connectivity index (χ4n) is 3.26. The normalized spacial score (nSPS) is 28.9. The van der Waals surface area contributed by atoms with Gasteiger partial charge in [-0.05, 0) is 53.9 Å². The van der Waals surface area contributed by atoms with Crippen LogP contribution in [-0.2, 0) is 4.74 Å². The summed E-state index contributed by atoms with van der Waals surface area (Å²) >= 11 is 0. The Kier molecular flexibility index (Phi) is 5.03. The topological polar surface area (TPSA) is 21.3 Å². The Balaban J connectivity index is 2.53. The van der Waals surface area contributed by atoms with Crippen molar-refractivity contribution in [2.24, 2.45) is 5.92 Å². The van der Waals surface area contributed by atoms with Gasteiger partial charge in [0.15, 0.2) is 0 Å². The maximum absolute atomic E-state index is 5.99. The molecule has 0 aliphatic carbocycles. The van der Waals surface area contributed by atoms with Crippen molar-refractivity contribution in [1.29, 1.82) is 0 Å². The van der Waals surface area contributed by atoms with Gasteiger partial charge in [-0.2, -0.15) is 0 Å². The zero-order valence-corrected chi connectivity index (χ0v) is 12.6. The summed E-state index contributed by atoms with van der Waals surface area (Å²) in [5.74, 6) is 0.618. The lowest BCUT2D eigenvalue weighted by molar-refractivity contribution is -0.0332. The van der Waals surface area contributed by atoms with Crippen LogP contribution in [0.25, 0.3) is 0 Å². The molecule has 1 aliphatic heterocycles. The van der Waals surface area contributed by atoms with Gasteiger partial charge in [0.2, 0.25) is 0 Å². The molecular weight excluding hydrogens is 210 g/mol. The molecule has 2 unspecified atom stereocenters. The Morgan fingerprint density at radius 1 is 1.29 bits per heavy atom. The van der Waals surface area contributed by atoms with Crippen molar-refractivity contribution < 1.29 is 4.74 Å². The Bertz CT molecular complexity index is 235. The minimum absolute atomic E-state index is 0.174. The van der Waals surface area contributed by atoms with E-state index in [9.17, 15) is 0 Å². The molecule has 1 N–H and O–H groups in total. The average Bonchev–Trinajstić information content (AvgIpc) is 2.14. The standard InChI is InChI=1S/C15H31NO/c1-7-8-11-17-12(2)13-9-10-14(3,4)16-15(13,5)6/h12-13,16H,7-11H2,1-6H3. The minimum atomic E-state index is 0.174. The van der Waals surface area contributed by atoms with E-state index >= 15 is 0 Å². The highest BCUT2D eigenvalue weighted by Crippen LogP contribution is 2.36. The summed E-state index contributed by atoms with van der Waals surface area (Å²) in [4.78, 5) is 0. The van der Waals surface area contributed by atoms with E-state index in [-0.39, 0.29) is 11.1 Å². The van der Waals surface area contributed by atoms with Crippen LogP contribution in [0.4, 0.5) is 0 Å². The van der Waals surface area contributed by atoms with E-state index in [1.54, 1.807) is 0 Å². The van der Waals surface area contributed by atoms with Crippen molar-refractivity contribution in [3.63, 3.8) is 0 Å². The molecule has 1 heterocycles. The van der Waals surface area contributed by atoms with E-state index in [0.29, 0.717) is 12.0 Å². The first-order valence-electron chi connectivity index (χ1n) is 7.19. The summed E-state index contributed by atoms with van der Waals surface area (Å²) in [6.45, 7) is 14.6. The van der Waals surface area contributed by atoms with Crippen molar-refractivity contribution in [3.05, 3.63) is 0 Å². The molecule has 2 nitrogen and oxygen atoms in total. The molecule has 1 saturated heterocycles. The van der Waals surface area contributed by atoms with Crippen LogP contribution in [0, 0.1) is 5.92 Å². The van der Waals surface area contributed by atoms with Crippen LogP contribution in [0.5, 0.6) is 0 Å². The van der Waals surface area contributed by atoms with Gasteiger partial charge in [-0.1, -0.05) is 13.3 Å². The summed E-state index contributed by atoms with van der Waals surface area (Å²) in [6, 6.07) is 0. The van der Waals surface area contributed by atoms with Crippen LogP contribution in [0.1, 0.15) is 67.2 Å². The third-order valence-corrected chi connectivity index (χ3v) is 4.11. The maximum atomic E-state index is 5.99. The summed E-state index contributed by atoms with van der Waals surface area (Å²) in [7, 11) is 0. The van der Waals surface area contributed by atoms with Gasteiger partial charge in [0.1, 0.15) is 0 Å². The van der Waals surface area contributed by atoms with E-state index in [1.165, 1.54) is 25.7 Å². The molecule has 0 aromatic heterocycles. The predicted molar refractivity (Wildman–Crippen MR) is 74.3 cm³/mol. The second-order valence-corrected chi connectivity index (χ2v) is 6.81. The van der Waals surface area contributed by atoms with Crippen LogP contribution < -0.4 is 5.32 Å². The summed E-state index contributed by atoms with van der Waals surface area (Å²) in [6.07, 6.45) is 5.26. The van der Waals surface area contributed by atoms with Crippen molar-refractivity contribution in [3.8, 4) is 0 Å². The number of hydrogen-bond acceptors (Lipinski definition) is 2. The first kappa shape index (κ1) is 15.0. The molecule has 0 aromatic carbocycles. The molecule has 0 saturated carbocycles. The first-order valence-corrected chi connectivity index (χ1v) is 7.19. The molecule has 2 heteroatoms. The van der Waals surface area contributed by atoms with Crippen LogP contribution in [0.15, 0.2) is 0 Å². The van der Waals surface area contributed by atoms with Crippen molar-refractivity contribution in [1.82, 2.24) is 5.32 Å². The number of piperidine rings is 1. The van der Waals surface area contributed by atoms with E-state index in [4.69, 9.17) is 4.74 Å². The van der Waals surface area contributed by atoms with Gasteiger partial charge < -0.3 is 10.1 Å². The fraction of sp³-hybridized carbons (Fsp3) is 1.00. The Morgan fingerprint density at radius 3 is 2.47 bits per heavy atom. The summed E-state index contributed by atoms with van der Waals surface area (Å²) in [5, 5.41) is 3.77. The molecule has 0 aromatic rings. The maximum Gasteiger partial charge on any atom is 0.0592 e. The second-order valence-electron chi connectivity index (χ2n) is 6.81. The van der Waals surface area contributed by atoms with Gasteiger partial charge in [-0.25, -0.2) is 0 Å². The lowest BCUT2D eigenvalue weighted by Crippen LogP contribution is -2.62. The minimum Gasteiger partial charge on any atom is -0.378 e. The number of unbranched alkanes of at least 4 members (excludes halogenated alkanes) is 1. The second kappa shape index (κ2) is 5.71. The molecule has 1 aliphatic rings. The van der Waals surface area contributed by atoms with Gasteiger partial charge in [0.25, 0.3) is 0 Å². The van der Waals surface area contributed by atoms with Crippen LogP contribution >= 0.6 is 0 Å². The number of rotatable bonds is 5. The van der Waals surface area contributed by atoms with Gasteiger partial charge in [0, 0.05) is 23.6 Å². The monoisotopic (exact) mass is 241 g/mol. The van der Waals surface area contributed by atoms with Crippen LogP contribution in [-0.4, -0.2) is 23.8 Å². The van der Waals surface area contributed by atoms with Crippen molar-refractivity contribution in [2.75, 3.05) is 6.61 Å². The Labute approximate surface area is 108 Å². The Hall–Kier alpha value is -0.0800. The third-order valence-electron chi connectivity index (χ3n) is 4.11. The largest absolute Gasteiger partial charge is 0.378 e. The fourth-order valence-corrected chi connectivity index (χ4v) is 3.26. The molecule has 1 rings (SSSR count). The highest BCUT2D eigenvalue weighted by molar-refractivity contribution is 5.00. The predicted octanol–water partition coefficient (Wildman–Crippen LogP) is 3.75. The SMILES string of the molecule is CCCCOC(C)C1CCC(C)(C)NC1(C)C. The van der Waals surface area contributed by atoms with E-state index < -0.39 is 0 Å². The zero-order chi connectivity index (χ0) is 13.1. The Morgan fingerprint density at radius 2 is 1.94 bits per heavy atom. The smallest absolute Gasteiger partial charge is 0.0592 e. The lowest BCUT2D eigenvalue weighted by atomic mass is 9.72. The van der Waals surface area contributed by atoms with E-state index in [0.717, 1.165) is 6.61 Å². The van der Waals surface area contributed by atoms with Gasteiger partial charge in [0.05, 0.1) is 6.10 Å². The van der Waals surface area contributed by atoms with Crippen molar-refractivity contribution >= 4 is 0 Å². The molecule has 0 bridgehead atoms. The molecule has 0 amide bonds. The summed E-state index contributed by atoms with van der Waals surface area (Å²) < 4.78 is 5.99. The van der Waals surface area contributed by atoms with Gasteiger partial charge >= 0.3 is 0 Å². The molecule has 1 fully saturated rings. The number of hydrogen-bond donors (Lipinski definition) is 1. The van der Waals surface area contributed by atoms with Gasteiger partial charge in [-0.15, -0.1) is 0 Å². The van der Waals surface area contributed by atoms with E-state index in [2.05, 4.69) is 46.9 Å². The van der Waals surface area contributed by atoms with Crippen LogP contribution in [0.2, 0.25) is 0 Å². The third kappa shape index (κ3) is 4.26. The number of ether oxygens (including phenoxy) is 1. The number of nitrogens with one attached hydrogen (secondary N) is 1. The molecule has 2 atom stereocenters. The lowest BCUT2D eigenvalue weighted by Gasteiger charge is -2.49.